The van der Waals surface area contributed by atoms with Crippen molar-refractivity contribution in [3.63, 3.8) is 0 Å². The quantitative estimate of drug-likeness (QED) is 0.223. The highest BCUT2D eigenvalue weighted by Crippen LogP contribution is 2.65. The lowest BCUT2D eigenvalue weighted by atomic mass is 9.68. The monoisotopic (exact) mass is 598 g/mol. The minimum Gasteiger partial charge on any atom is -0.379 e. The number of morpholine rings is 1. The largest absolute Gasteiger partial charge is 0.379 e. The Morgan fingerprint density at radius 2 is 1.76 bits per heavy atom. The van der Waals surface area contributed by atoms with Gasteiger partial charge in [0, 0.05) is 52.6 Å². The van der Waals surface area contributed by atoms with Gasteiger partial charge >= 0.3 is 0 Å². The molecule has 0 radical (unpaired) electrons. The minimum absolute atomic E-state index is 0.0853. The number of ether oxygens (including phenoxy) is 1. The van der Waals surface area contributed by atoms with Gasteiger partial charge in [-0.15, -0.1) is 0 Å². The summed E-state index contributed by atoms with van der Waals surface area (Å²) in [6.07, 6.45) is 6.95. The van der Waals surface area contributed by atoms with Crippen molar-refractivity contribution in [2.75, 3.05) is 26.3 Å². The second-order valence-electron chi connectivity index (χ2n) is 11.6. The molecule has 7 rings (SSSR count). The van der Waals surface area contributed by atoms with Gasteiger partial charge in [-0.05, 0) is 77.9 Å². The average Bonchev–Trinajstić information content (AvgIpc) is 3.65. The zero-order valence-electron chi connectivity index (χ0n) is 23.4. The third-order valence-corrected chi connectivity index (χ3v) is 9.63. The SMILES string of the molecule is Cn1cncc1C(c1ccc(Cl)cc1)(N1CCOCC1)C1(Cc2ccc3[nH]c(=O)cc(-c4cccc(Cl)c4)c3c2)CC1. The number of nitrogens with zero attached hydrogens (tertiary/aromatic N) is 3. The topological polar surface area (TPSA) is 63.1 Å². The molecule has 6 nitrogen and oxygen atoms in total. The smallest absolute Gasteiger partial charge is 0.249 e. The molecular formula is C34H32Cl2N4O2. The van der Waals surface area contributed by atoms with Crippen LogP contribution in [0.3, 0.4) is 0 Å². The van der Waals surface area contributed by atoms with Crippen molar-refractivity contribution in [1.29, 1.82) is 0 Å². The van der Waals surface area contributed by atoms with Gasteiger partial charge in [0.05, 0.1) is 37.0 Å². The van der Waals surface area contributed by atoms with Crippen molar-refractivity contribution in [2.45, 2.75) is 24.8 Å². The van der Waals surface area contributed by atoms with Crippen molar-refractivity contribution in [2.24, 2.45) is 12.5 Å². The second kappa shape index (κ2) is 10.7. The van der Waals surface area contributed by atoms with E-state index in [1.807, 2.05) is 55.0 Å². The Morgan fingerprint density at radius 1 is 0.976 bits per heavy atom. The van der Waals surface area contributed by atoms with Crippen LogP contribution in [-0.4, -0.2) is 45.7 Å². The molecule has 1 saturated heterocycles. The highest BCUT2D eigenvalue weighted by atomic mass is 35.5. The molecule has 1 N–H and O–H groups in total. The fourth-order valence-corrected chi connectivity index (χ4v) is 7.53. The molecule has 2 fully saturated rings. The van der Waals surface area contributed by atoms with Gasteiger partial charge in [-0.3, -0.25) is 9.69 Å². The molecule has 0 amide bonds. The summed E-state index contributed by atoms with van der Waals surface area (Å²) >= 11 is 12.8. The molecule has 1 unspecified atom stereocenters. The Hall–Kier alpha value is -3.42. The summed E-state index contributed by atoms with van der Waals surface area (Å²) < 4.78 is 8.02. The van der Waals surface area contributed by atoms with Crippen LogP contribution in [0, 0.1) is 5.41 Å². The van der Waals surface area contributed by atoms with Crippen LogP contribution < -0.4 is 5.56 Å². The molecule has 1 saturated carbocycles. The van der Waals surface area contributed by atoms with E-state index in [0.29, 0.717) is 18.2 Å². The van der Waals surface area contributed by atoms with Crippen molar-refractivity contribution in [3.8, 4) is 11.1 Å². The highest BCUT2D eigenvalue weighted by molar-refractivity contribution is 6.31. The maximum absolute atomic E-state index is 12.6. The fraction of sp³-hybridized carbons (Fsp3) is 0.294. The van der Waals surface area contributed by atoms with Crippen LogP contribution in [0.5, 0.6) is 0 Å². The molecule has 42 heavy (non-hydrogen) atoms. The number of aromatic amines is 1. The van der Waals surface area contributed by atoms with E-state index >= 15 is 0 Å². The standard InChI is InChI=1S/C34H32Cl2N4O2/c1-39-22-37-21-31(39)34(40-13-15-42-16-14-40,25-6-8-26(35)9-7-25)33(11-12-33)20-23-5-10-30-29(17-23)28(19-32(41)38-30)24-3-2-4-27(36)18-24/h2-10,17-19,21-22H,11-16,20H2,1H3,(H,38,41). The van der Waals surface area contributed by atoms with E-state index in [0.717, 1.165) is 59.4 Å². The van der Waals surface area contributed by atoms with Gasteiger partial charge in [0.2, 0.25) is 5.56 Å². The summed E-state index contributed by atoms with van der Waals surface area (Å²) in [5, 5.41) is 2.37. The molecule has 2 aliphatic rings. The number of aromatic nitrogens is 3. The van der Waals surface area contributed by atoms with Gasteiger partial charge in [0.25, 0.3) is 0 Å². The van der Waals surface area contributed by atoms with Crippen LogP contribution in [0.1, 0.15) is 29.7 Å². The second-order valence-corrected chi connectivity index (χ2v) is 12.5. The third-order valence-electron chi connectivity index (χ3n) is 9.14. The third kappa shape index (κ3) is 4.58. The maximum atomic E-state index is 12.6. The molecule has 0 bridgehead atoms. The number of nitrogens with one attached hydrogen (secondary N) is 1. The van der Waals surface area contributed by atoms with Crippen molar-refractivity contribution in [3.05, 3.63) is 123 Å². The van der Waals surface area contributed by atoms with Gasteiger partial charge < -0.3 is 14.3 Å². The fourth-order valence-electron chi connectivity index (χ4n) is 7.22. The van der Waals surface area contributed by atoms with E-state index in [1.54, 1.807) is 6.07 Å². The molecule has 1 atom stereocenters. The summed E-state index contributed by atoms with van der Waals surface area (Å²) in [4.78, 5) is 22.9. The van der Waals surface area contributed by atoms with Crippen molar-refractivity contribution >= 4 is 34.1 Å². The molecular weight excluding hydrogens is 567 g/mol. The van der Waals surface area contributed by atoms with Crippen molar-refractivity contribution in [1.82, 2.24) is 19.4 Å². The lowest BCUT2D eigenvalue weighted by Crippen LogP contribution is -2.58. The molecule has 1 aliphatic heterocycles. The Labute approximate surface area is 254 Å². The van der Waals surface area contributed by atoms with Crippen LogP contribution in [0.2, 0.25) is 10.0 Å². The average molecular weight is 600 g/mol. The van der Waals surface area contributed by atoms with E-state index < -0.39 is 5.54 Å². The van der Waals surface area contributed by atoms with Gasteiger partial charge in [-0.25, -0.2) is 4.98 Å². The maximum Gasteiger partial charge on any atom is 0.249 e. The van der Waals surface area contributed by atoms with Crippen LogP contribution in [0.4, 0.5) is 0 Å². The summed E-state index contributed by atoms with van der Waals surface area (Å²) in [6.45, 7) is 3.03. The van der Waals surface area contributed by atoms with Gasteiger partial charge in [0.1, 0.15) is 0 Å². The van der Waals surface area contributed by atoms with Gasteiger partial charge in [0.15, 0.2) is 0 Å². The Bertz CT molecular complexity index is 1820. The van der Waals surface area contributed by atoms with Gasteiger partial charge in [-0.1, -0.05) is 53.5 Å². The first-order valence-electron chi connectivity index (χ1n) is 14.4. The number of fused-ring (bicyclic) bond motifs is 1. The Morgan fingerprint density at radius 3 is 2.45 bits per heavy atom. The summed E-state index contributed by atoms with van der Waals surface area (Å²) in [6, 6.07) is 24.2. The van der Waals surface area contributed by atoms with Crippen LogP contribution in [0.15, 0.2) is 90.1 Å². The van der Waals surface area contributed by atoms with Gasteiger partial charge in [-0.2, -0.15) is 0 Å². The molecule has 3 heterocycles. The van der Waals surface area contributed by atoms with Crippen molar-refractivity contribution < 1.29 is 4.74 Å². The molecule has 5 aromatic rings. The van der Waals surface area contributed by atoms with E-state index in [9.17, 15) is 4.79 Å². The first kappa shape index (κ1) is 27.4. The number of aryl methyl sites for hydroxylation is 1. The summed E-state index contributed by atoms with van der Waals surface area (Å²) in [7, 11) is 2.09. The molecule has 214 valence electrons. The summed E-state index contributed by atoms with van der Waals surface area (Å²) in [5.74, 6) is 0. The molecule has 0 spiro atoms. The predicted octanol–water partition coefficient (Wildman–Crippen LogP) is 6.83. The molecule has 2 aromatic heterocycles. The minimum atomic E-state index is -0.428. The van der Waals surface area contributed by atoms with E-state index in [1.165, 1.54) is 16.8 Å². The number of halogens is 2. The zero-order valence-corrected chi connectivity index (χ0v) is 25.0. The predicted molar refractivity (Wildman–Crippen MR) is 168 cm³/mol. The number of imidazole rings is 1. The zero-order chi connectivity index (χ0) is 28.9. The summed E-state index contributed by atoms with van der Waals surface area (Å²) in [5.41, 5.74) is 5.60. The normalized spacial score (nSPS) is 18.2. The molecule has 3 aromatic carbocycles. The Kier molecular flexibility index (Phi) is 6.98. The lowest BCUT2D eigenvalue weighted by molar-refractivity contribution is -0.0423. The number of rotatable bonds is 7. The number of hydrogen-bond acceptors (Lipinski definition) is 4. The highest BCUT2D eigenvalue weighted by Gasteiger charge is 2.64. The van der Waals surface area contributed by atoms with E-state index in [2.05, 4.69) is 50.7 Å². The number of H-pyrrole nitrogens is 1. The number of hydrogen-bond donors (Lipinski definition) is 1. The van der Waals surface area contributed by atoms with Crippen LogP contribution in [-0.2, 0) is 23.7 Å². The van der Waals surface area contributed by atoms with Crippen LogP contribution >= 0.6 is 23.2 Å². The first-order chi connectivity index (χ1) is 20.4. The van der Waals surface area contributed by atoms with Crippen LogP contribution in [0.25, 0.3) is 22.0 Å². The van der Waals surface area contributed by atoms with E-state index in [-0.39, 0.29) is 11.0 Å². The van der Waals surface area contributed by atoms with E-state index in [4.69, 9.17) is 27.9 Å². The molecule has 8 heteroatoms. The Balaban J connectivity index is 1.40. The number of benzene rings is 3. The first-order valence-corrected chi connectivity index (χ1v) is 15.1. The number of pyridine rings is 1. The lowest BCUT2D eigenvalue weighted by Gasteiger charge is -2.51. The molecule has 1 aliphatic carbocycles.